The Morgan fingerprint density at radius 3 is 3.00 bits per heavy atom. The number of carbonyl (C=O) groups excluding carboxylic acids is 1. The smallest absolute Gasteiger partial charge is 0.221 e. The highest BCUT2D eigenvalue weighted by Gasteiger charge is 2.20. The van der Waals surface area contributed by atoms with E-state index < -0.39 is 0 Å². The summed E-state index contributed by atoms with van der Waals surface area (Å²) in [6.07, 6.45) is 0.563. The molecule has 1 aromatic carbocycles. The van der Waals surface area contributed by atoms with Crippen molar-refractivity contribution in [3.05, 3.63) is 42.1 Å². The van der Waals surface area contributed by atoms with Gasteiger partial charge in [-0.2, -0.15) is 0 Å². The van der Waals surface area contributed by atoms with E-state index >= 15 is 0 Å². The van der Waals surface area contributed by atoms with Gasteiger partial charge in [-0.25, -0.2) is 0 Å². The summed E-state index contributed by atoms with van der Waals surface area (Å²) in [5, 5.41) is 7.31. The maximum atomic E-state index is 11.1. The number of hydrogen-bond acceptors (Lipinski definition) is 3. The summed E-state index contributed by atoms with van der Waals surface area (Å²) in [7, 11) is 0. The van der Waals surface area contributed by atoms with Crippen molar-refractivity contribution >= 4 is 16.8 Å². The van der Waals surface area contributed by atoms with Crippen LogP contribution in [-0.4, -0.2) is 23.5 Å². The minimum absolute atomic E-state index is 0.124. The summed E-state index contributed by atoms with van der Waals surface area (Å²) in [4.78, 5) is 15.7. The Morgan fingerprint density at radius 2 is 2.17 bits per heavy atom. The van der Waals surface area contributed by atoms with Crippen molar-refractivity contribution in [3.8, 4) is 0 Å². The minimum Gasteiger partial charge on any atom is -0.354 e. The zero-order valence-electron chi connectivity index (χ0n) is 10.0. The Balaban J connectivity index is 1.69. The standard InChI is InChI=1S/C14H15N3O/c18-14-7-12(9-16-14)15-8-11-6-5-10-3-1-2-4-13(10)17-11/h1-6,12,15H,7-9H2,(H,16,18). The number of amides is 1. The molecule has 0 saturated carbocycles. The lowest BCUT2D eigenvalue weighted by Crippen LogP contribution is -2.30. The Bertz CT molecular complexity index is 582. The first-order valence-electron chi connectivity index (χ1n) is 6.16. The summed E-state index contributed by atoms with van der Waals surface area (Å²) in [6, 6.07) is 12.4. The van der Waals surface area contributed by atoms with Crippen LogP contribution < -0.4 is 10.6 Å². The summed E-state index contributed by atoms with van der Waals surface area (Å²) < 4.78 is 0. The number of nitrogens with zero attached hydrogens (tertiary/aromatic N) is 1. The molecule has 0 spiro atoms. The number of benzene rings is 1. The lowest BCUT2D eigenvalue weighted by molar-refractivity contribution is -0.119. The van der Waals surface area contributed by atoms with Crippen LogP contribution >= 0.6 is 0 Å². The molecule has 18 heavy (non-hydrogen) atoms. The molecule has 92 valence electrons. The van der Waals surface area contributed by atoms with Gasteiger partial charge in [0.25, 0.3) is 0 Å². The second-order valence-corrected chi connectivity index (χ2v) is 4.58. The predicted molar refractivity (Wildman–Crippen MR) is 70.0 cm³/mol. The molecule has 1 amide bonds. The largest absolute Gasteiger partial charge is 0.354 e. The van der Waals surface area contributed by atoms with Crippen molar-refractivity contribution in [2.75, 3.05) is 6.54 Å². The van der Waals surface area contributed by atoms with Crippen LogP contribution in [0.3, 0.4) is 0 Å². The van der Waals surface area contributed by atoms with Crippen molar-refractivity contribution in [3.63, 3.8) is 0 Å². The molecule has 2 aromatic rings. The van der Waals surface area contributed by atoms with E-state index in [0.29, 0.717) is 19.5 Å². The monoisotopic (exact) mass is 241 g/mol. The van der Waals surface area contributed by atoms with Crippen LogP contribution in [0.4, 0.5) is 0 Å². The fourth-order valence-electron chi connectivity index (χ4n) is 2.21. The van der Waals surface area contributed by atoms with E-state index in [1.165, 1.54) is 0 Å². The molecule has 3 rings (SSSR count). The molecule has 4 nitrogen and oxygen atoms in total. The molecule has 1 saturated heterocycles. The van der Waals surface area contributed by atoms with Gasteiger partial charge in [-0.1, -0.05) is 24.3 Å². The quantitative estimate of drug-likeness (QED) is 0.849. The van der Waals surface area contributed by atoms with Gasteiger partial charge in [-0.15, -0.1) is 0 Å². The van der Waals surface area contributed by atoms with Crippen LogP contribution in [0.15, 0.2) is 36.4 Å². The highest BCUT2D eigenvalue weighted by Crippen LogP contribution is 2.12. The van der Waals surface area contributed by atoms with Crippen molar-refractivity contribution in [2.45, 2.75) is 19.0 Å². The molecule has 1 atom stereocenters. The van der Waals surface area contributed by atoms with Gasteiger partial charge in [0.2, 0.25) is 5.91 Å². The molecule has 1 aliphatic rings. The van der Waals surface area contributed by atoms with Gasteiger partial charge in [-0.3, -0.25) is 9.78 Å². The SMILES string of the molecule is O=C1CC(NCc2ccc3ccccc3n2)CN1. The van der Waals surface area contributed by atoms with E-state index in [1.807, 2.05) is 24.3 Å². The first kappa shape index (κ1) is 11.2. The highest BCUT2D eigenvalue weighted by molar-refractivity contribution is 5.79. The molecule has 0 bridgehead atoms. The average molecular weight is 241 g/mol. The topological polar surface area (TPSA) is 54.0 Å². The van der Waals surface area contributed by atoms with E-state index in [1.54, 1.807) is 0 Å². The van der Waals surface area contributed by atoms with Crippen LogP contribution in [0.2, 0.25) is 0 Å². The molecule has 2 N–H and O–H groups in total. The van der Waals surface area contributed by atoms with Crippen LogP contribution in [0.5, 0.6) is 0 Å². The summed E-state index contributed by atoms with van der Waals surface area (Å²) in [5.74, 6) is 0.124. The normalized spacial score (nSPS) is 19.1. The Kier molecular flexibility index (Phi) is 2.94. The van der Waals surface area contributed by atoms with Crippen LogP contribution in [0.25, 0.3) is 10.9 Å². The highest BCUT2D eigenvalue weighted by atomic mass is 16.1. The molecule has 0 radical (unpaired) electrons. The number of carbonyl (C=O) groups is 1. The Hall–Kier alpha value is -1.94. The average Bonchev–Trinajstić information content (AvgIpc) is 2.82. The minimum atomic E-state index is 0.124. The fourth-order valence-corrected chi connectivity index (χ4v) is 2.21. The molecule has 0 aliphatic carbocycles. The van der Waals surface area contributed by atoms with Crippen molar-refractivity contribution in [1.82, 2.24) is 15.6 Å². The second-order valence-electron chi connectivity index (χ2n) is 4.58. The number of aromatic nitrogens is 1. The predicted octanol–water partition coefficient (Wildman–Crippen LogP) is 1.21. The summed E-state index contributed by atoms with van der Waals surface area (Å²) >= 11 is 0. The molecule has 1 aromatic heterocycles. The maximum Gasteiger partial charge on any atom is 0.221 e. The van der Waals surface area contributed by atoms with E-state index in [4.69, 9.17) is 0 Å². The van der Waals surface area contributed by atoms with Gasteiger partial charge in [0.15, 0.2) is 0 Å². The number of hydrogen-bond donors (Lipinski definition) is 2. The third-order valence-electron chi connectivity index (χ3n) is 3.21. The van der Waals surface area contributed by atoms with Crippen LogP contribution in [0, 0.1) is 0 Å². The molecule has 2 heterocycles. The maximum absolute atomic E-state index is 11.1. The Morgan fingerprint density at radius 1 is 1.28 bits per heavy atom. The Labute approximate surface area is 105 Å². The first-order valence-corrected chi connectivity index (χ1v) is 6.16. The van der Waals surface area contributed by atoms with Crippen LogP contribution in [0.1, 0.15) is 12.1 Å². The molecular formula is C14H15N3O. The van der Waals surface area contributed by atoms with E-state index in [9.17, 15) is 4.79 Å². The number of pyridine rings is 1. The summed E-state index contributed by atoms with van der Waals surface area (Å²) in [6.45, 7) is 1.41. The lowest BCUT2D eigenvalue weighted by atomic mass is 10.2. The van der Waals surface area contributed by atoms with E-state index in [0.717, 1.165) is 16.6 Å². The summed E-state index contributed by atoms with van der Waals surface area (Å²) in [5.41, 5.74) is 2.02. The zero-order valence-corrected chi connectivity index (χ0v) is 10.0. The van der Waals surface area contributed by atoms with Crippen molar-refractivity contribution < 1.29 is 4.79 Å². The number of para-hydroxylation sites is 1. The van der Waals surface area contributed by atoms with Gasteiger partial charge in [-0.05, 0) is 12.1 Å². The van der Waals surface area contributed by atoms with E-state index in [2.05, 4.69) is 27.8 Å². The first-order chi connectivity index (χ1) is 8.81. The second kappa shape index (κ2) is 4.74. The van der Waals surface area contributed by atoms with Gasteiger partial charge < -0.3 is 10.6 Å². The van der Waals surface area contributed by atoms with Gasteiger partial charge >= 0.3 is 0 Å². The lowest BCUT2D eigenvalue weighted by Gasteiger charge is -2.10. The molecule has 1 aliphatic heterocycles. The third kappa shape index (κ3) is 2.33. The molecule has 4 heteroatoms. The van der Waals surface area contributed by atoms with E-state index in [-0.39, 0.29) is 11.9 Å². The van der Waals surface area contributed by atoms with Crippen molar-refractivity contribution in [1.29, 1.82) is 0 Å². The van der Waals surface area contributed by atoms with Gasteiger partial charge in [0.1, 0.15) is 0 Å². The number of rotatable bonds is 3. The van der Waals surface area contributed by atoms with Crippen molar-refractivity contribution in [2.24, 2.45) is 0 Å². The van der Waals surface area contributed by atoms with Gasteiger partial charge in [0.05, 0.1) is 11.2 Å². The molecular weight excluding hydrogens is 226 g/mol. The van der Waals surface area contributed by atoms with Gasteiger partial charge in [0, 0.05) is 30.9 Å². The molecule has 1 fully saturated rings. The number of nitrogens with one attached hydrogen (secondary N) is 2. The fraction of sp³-hybridized carbons (Fsp3) is 0.286. The molecule has 1 unspecified atom stereocenters. The zero-order chi connectivity index (χ0) is 12.4. The van der Waals surface area contributed by atoms with Crippen LogP contribution in [-0.2, 0) is 11.3 Å². The number of fused-ring (bicyclic) bond motifs is 1. The third-order valence-corrected chi connectivity index (χ3v) is 3.21.